The topological polar surface area (TPSA) is 41.1 Å². The predicted molar refractivity (Wildman–Crippen MR) is 81.7 cm³/mol. The molecule has 1 amide bonds. The minimum absolute atomic E-state index is 0.117. The molecule has 1 fully saturated rings. The van der Waals surface area contributed by atoms with Crippen molar-refractivity contribution in [3.05, 3.63) is 33.1 Å². The van der Waals surface area contributed by atoms with Crippen LogP contribution in [-0.4, -0.2) is 25.5 Å². The van der Waals surface area contributed by atoms with Crippen molar-refractivity contribution in [2.24, 2.45) is 5.92 Å². The van der Waals surface area contributed by atoms with E-state index in [-0.39, 0.29) is 11.7 Å². The van der Waals surface area contributed by atoms with Crippen LogP contribution in [-0.2, 0) is 0 Å². The van der Waals surface area contributed by atoms with Crippen molar-refractivity contribution >= 4 is 28.5 Å². The Labute approximate surface area is 126 Å². The highest BCUT2D eigenvalue weighted by atomic mass is 127. The number of rotatable bonds is 4. The summed E-state index contributed by atoms with van der Waals surface area (Å²) < 4.78 is 13.6. The quantitative estimate of drug-likeness (QED) is 0.794. The molecule has 1 unspecified atom stereocenters. The third kappa shape index (κ3) is 4.42. The molecule has 1 atom stereocenters. The van der Waals surface area contributed by atoms with Gasteiger partial charge in [-0.25, -0.2) is 4.39 Å². The summed E-state index contributed by atoms with van der Waals surface area (Å²) in [5.41, 5.74) is 0.545. The third-order valence-electron chi connectivity index (χ3n) is 3.41. The lowest BCUT2D eigenvalue weighted by Crippen LogP contribution is -2.33. The standard InChI is InChI=1S/C14H18FIN2O/c15-11-3-4-12(13(16)8-11)14(19)18-7-5-10-2-1-6-17-9-10/h3-4,8,10,17H,1-2,5-7,9H2,(H,18,19). The number of hydrogen-bond acceptors (Lipinski definition) is 2. The van der Waals surface area contributed by atoms with Gasteiger partial charge >= 0.3 is 0 Å². The van der Waals surface area contributed by atoms with Gasteiger partial charge in [0.1, 0.15) is 5.82 Å². The molecule has 0 aromatic heterocycles. The van der Waals surface area contributed by atoms with Gasteiger partial charge in [-0.1, -0.05) is 0 Å². The lowest BCUT2D eigenvalue weighted by atomic mass is 9.96. The van der Waals surface area contributed by atoms with E-state index in [4.69, 9.17) is 0 Å². The van der Waals surface area contributed by atoms with Crippen LogP contribution in [0.15, 0.2) is 18.2 Å². The largest absolute Gasteiger partial charge is 0.352 e. The fourth-order valence-electron chi connectivity index (χ4n) is 2.33. The van der Waals surface area contributed by atoms with Crippen LogP contribution in [0, 0.1) is 15.3 Å². The van der Waals surface area contributed by atoms with Gasteiger partial charge in [0.05, 0.1) is 5.56 Å². The van der Waals surface area contributed by atoms with Crippen LogP contribution < -0.4 is 10.6 Å². The molecule has 0 spiro atoms. The van der Waals surface area contributed by atoms with Crippen molar-refractivity contribution in [1.82, 2.24) is 10.6 Å². The summed E-state index contributed by atoms with van der Waals surface area (Å²) >= 11 is 1.99. The van der Waals surface area contributed by atoms with Crippen molar-refractivity contribution in [3.8, 4) is 0 Å². The van der Waals surface area contributed by atoms with Gasteiger partial charge < -0.3 is 10.6 Å². The molecule has 3 nitrogen and oxygen atoms in total. The molecule has 104 valence electrons. The van der Waals surface area contributed by atoms with E-state index in [0.29, 0.717) is 21.6 Å². The molecule has 19 heavy (non-hydrogen) atoms. The maximum atomic E-state index is 13.0. The second kappa shape index (κ2) is 7.19. The van der Waals surface area contributed by atoms with Crippen LogP contribution in [0.4, 0.5) is 4.39 Å². The van der Waals surface area contributed by atoms with Crippen molar-refractivity contribution in [2.75, 3.05) is 19.6 Å². The Kier molecular flexibility index (Phi) is 5.57. The highest BCUT2D eigenvalue weighted by Gasteiger charge is 2.14. The fraction of sp³-hybridized carbons (Fsp3) is 0.500. The van der Waals surface area contributed by atoms with Crippen molar-refractivity contribution in [2.45, 2.75) is 19.3 Å². The summed E-state index contributed by atoms with van der Waals surface area (Å²) in [4.78, 5) is 12.0. The zero-order valence-corrected chi connectivity index (χ0v) is 12.9. The fourth-order valence-corrected chi connectivity index (χ4v) is 3.05. The first-order valence-electron chi connectivity index (χ1n) is 6.61. The van der Waals surface area contributed by atoms with E-state index in [1.165, 1.54) is 31.0 Å². The van der Waals surface area contributed by atoms with E-state index in [9.17, 15) is 9.18 Å². The Morgan fingerprint density at radius 2 is 2.37 bits per heavy atom. The van der Waals surface area contributed by atoms with Gasteiger partial charge in [-0.2, -0.15) is 0 Å². The first kappa shape index (κ1) is 14.7. The molecule has 0 aliphatic carbocycles. The molecule has 1 aromatic carbocycles. The van der Waals surface area contributed by atoms with Gasteiger partial charge in [0.2, 0.25) is 0 Å². The molecular weight excluding hydrogens is 358 g/mol. The highest BCUT2D eigenvalue weighted by Crippen LogP contribution is 2.15. The second-order valence-corrected chi connectivity index (χ2v) is 6.04. The van der Waals surface area contributed by atoms with Crippen LogP contribution in [0.5, 0.6) is 0 Å². The summed E-state index contributed by atoms with van der Waals surface area (Å²) in [5, 5.41) is 6.28. The summed E-state index contributed by atoms with van der Waals surface area (Å²) in [5.74, 6) is 0.226. The Morgan fingerprint density at radius 1 is 1.53 bits per heavy atom. The molecule has 1 aliphatic rings. The van der Waals surface area contributed by atoms with E-state index < -0.39 is 0 Å². The van der Waals surface area contributed by atoms with Gasteiger partial charge in [-0.3, -0.25) is 4.79 Å². The number of amides is 1. The number of hydrogen-bond donors (Lipinski definition) is 2. The molecule has 0 radical (unpaired) electrons. The molecule has 2 N–H and O–H groups in total. The highest BCUT2D eigenvalue weighted by molar-refractivity contribution is 14.1. The molecule has 0 bridgehead atoms. The summed E-state index contributed by atoms with van der Waals surface area (Å²) in [6, 6.07) is 4.23. The summed E-state index contributed by atoms with van der Waals surface area (Å²) in [7, 11) is 0. The lowest BCUT2D eigenvalue weighted by molar-refractivity contribution is 0.0949. The number of halogens is 2. The lowest BCUT2D eigenvalue weighted by Gasteiger charge is -2.22. The van der Waals surface area contributed by atoms with Crippen LogP contribution in [0.3, 0.4) is 0 Å². The molecule has 1 heterocycles. The number of piperidine rings is 1. The third-order valence-corrected chi connectivity index (χ3v) is 4.31. The molecule has 1 aliphatic heterocycles. The molecule has 1 aromatic rings. The molecular formula is C14H18FIN2O. The maximum absolute atomic E-state index is 13.0. The normalized spacial score (nSPS) is 19.2. The smallest absolute Gasteiger partial charge is 0.252 e. The van der Waals surface area contributed by atoms with Crippen LogP contribution in [0.25, 0.3) is 0 Å². The zero-order chi connectivity index (χ0) is 13.7. The Balaban J connectivity index is 1.80. The zero-order valence-electron chi connectivity index (χ0n) is 10.7. The number of nitrogens with one attached hydrogen (secondary N) is 2. The van der Waals surface area contributed by atoms with E-state index in [0.717, 1.165) is 19.5 Å². The maximum Gasteiger partial charge on any atom is 0.252 e. The number of benzene rings is 1. The van der Waals surface area contributed by atoms with Gasteiger partial charge in [-0.15, -0.1) is 0 Å². The van der Waals surface area contributed by atoms with Gasteiger partial charge in [0.25, 0.3) is 5.91 Å². The van der Waals surface area contributed by atoms with Gasteiger partial charge in [0, 0.05) is 10.1 Å². The molecule has 2 rings (SSSR count). The van der Waals surface area contributed by atoms with Gasteiger partial charge in [0.15, 0.2) is 0 Å². The molecule has 0 saturated carbocycles. The van der Waals surface area contributed by atoms with E-state index in [2.05, 4.69) is 10.6 Å². The van der Waals surface area contributed by atoms with Crippen molar-refractivity contribution in [1.29, 1.82) is 0 Å². The number of carbonyl (C=O) groups is 1. The van der Waals surface area contributed by atoms with E-state index in [1.54, 1.807) is 0 Å². The Bertz CT molecular complexity index is 447. The first-order chi connectivity index (χ1) is 9.16. The number of carbonyl (C=O) groups excluding carboxylic acids is 1. The van der Waals surface area contributed by atoms with Crippen LogP contribution in [0.2, 0.25) is 0 Å². The van der Waals surface area contributed by atoms with Crippen LogP contribution in [0.1, 0.15) is 29.6 Å². The van der Waals surface area contributed by atoms with Crippen molar-refractivity contribution in [3.63, 3.8) is 0 Å². The molecule has 1 saturated heterocycles. The molecule has 5 heteroatoms. The average Bonchev–Trinajstić information content (AvgIpc) is 2.39. The summed E-state index contributed by atoms with van der Waals surface area (Å²) in [6.45, 7) is 2.83. The van der Waals surface area contributed by atoms with Crippen molar-refractivity contribution < 1.29 is 9.18 Å². The Hall–Kier alpha value is -0.690. The first-order valence-corrected chi connectivity index (χ1v) is 7.68. The minimum Gasteiger partial charge on any atom is -0.352 e. The minimum atomic E-state index is -0.311. The second-order valence-electron chi connectivity index (χ2n) is 4.88. The monoisotopic (exact) mass is 376 g/mol. The van der Waals surface area contributed by atoms with E-state index >= 15 is 0 Å². The SMILES string of the molecule is O=C(NCCC1CCCNC1)c1ccc(F)cc1I. The average molecular weight is 376 g/mol. The van der Waals surface area contributed by atoms with Crippen LogP contribution >= 0.6 is 22.6 Å². The Morgan fingerprint density at radius 3 is 3.05 bits per heavy atom. The summed E-state index contributed by atoms with van der Waals surface area (Å²) in [6.07, 6.45) is 3.45. The predicted octanol–water partition coefficient (Wildman–Crippen LogP) is 2.55. The van der Waals surface area contributed by atoms with Gasteiger partial charge in [-0.05, 0) is 79.1 Å². The van der Waals surface area contributed by atoms with E-state index in [1.807, 2.05) is 22.6 Å².